The van der Waals surface area contributed by atoms with Gasteiger partial charge in [0.25, 0.3) is 5.91 Å². The molecule has 1 amide bonds. The molecule has 0 bridgehead atoms. The van der Waals surface area contributed by atoms with Gasteiger partial charge >= 0.3 is 0 Å². The first kappa shape index (κ1) is 23.1. The third-order valence-corrected chi connectivity index (χ3v) is 7.91. The molecule has 2 aromatic heterocycles. The maximum Gasteiger partial charge on any atom is 0.260 e. The molecular formula is C27H34N4O2S. The first-order chi connectivity index (χ1) is 16.6. The molecule has 0 spiro atoms. The highest BCUT2D eigenvalue weighted by Crippen LogP contribution is 2.39. The summed E-state index contributed by atoms with van der Waals surface area (Å²) in [5.74, 6) is 3.33. The van der Waals surface area contributed by atoms with Crippen molar-refractivity contribution in [2.75, 3.05) is 37.7 Å². The molecule has 1 aliphatic carbocycles. The van der Waals surface area contributed by atoms with Gasteiger partial charge in [-0.1, -0.05) is 38.5 Å². The van der Waals surface area contributed by atoms with Crippen molar-refractivity contribution in [1.29, 1.82) is 0 Å². The molecule has 3 heterocycles. The highest BCUT2D eigenvalue weighted by atomic mass is 32.1. The Morgan fingerprint density at radius 2 is 1.79 bits per heavy atom. The van der Waals surface area contributed by atoms with Crippen molar-refractivity contribution in [2.45, 2.75) is 52.4 Å². The van der Waals surface area contributed by atoms with E-state index in [9.17, 15) is 4.79 Å². The van der Waals surface area contributed by atoms with Crippen LogP contribution in [0.15, 0.2) is 30.3 Å². The minimum absolute atomic E-state index is 0.0428. The Kier molecular flexibility index (Phi) is 6.99. The Bertz CT molecular complexity index is 1140. The van der Waals surface area contributed by atoms with Crippen molar-refractivity contribution in [1.82, 2.24) is 14.9 Å². The first-order valence-corrected chi connectivity index (χ1v) is 13.4. The van der Waals surface area contributed by atoms with Gasteiger partial charge in [0, 0.05) is 37.5 Å². The van der Waals surface area contributed by atoms with Gasteiger partial charge in [-0.3, -0.25) is 4.79 Å². The molecule has 3 aromatic rings. The van der Waals surface area contributed by atoms with Crippen LogP contribution in [0, 0.1) is 5.92 Å². The number of fused-ring (bicyclic) bond motifs is 3. The highest BCUT2D eigenvalue weighted by molar-refractivity contribution is 7.19. The average molecular weight is 479 g/mol. The lowest BCUT2D eigenvalue weighted by atomic mass is 10.1. The summed E-state index contributed by atoms with van der Waals surface area (Å²) in [7, 11) is 0. The molecule has 1 aromatic carbocycles. The molecule has 0 atom stereocenters. The molecule has 0 radical (unpaired) electrons. The van der Waals surface area contributed by atoms with Crippen molar-refractivity contribution in [3.63, 3.8) is 0 Å². The van der Waals surface area contributed by atoms with Crippen LogP contribution in [0.2, 0.25) is 0 Å². The van der Waals surface area contributed by atoms with Crippen molar-refractivity contribution in [3.05, 3.63) is 46.6 Å². The molecule has 180 valence electrons. The molecule has 2 aliphatic rings. The summed E-state index contributed by atoms with van der Waals surface area (Å²) in [6, 6.07) is 9.53. The second kappa shape index (κ2) is 10.3. The van der Waals surface area contributed by atoms with Crippen LogP contribution in [0.5, 0.6) is 5.75 Å². The molecular weight excluding hydrogens is 444 g/mol. The molecule has 1 fully saturated rings. The third-order valence-electron chi connectivity index (χ3n) is 6.72. The predicted molar refractivity (Wildman–Crippen MR) is 138 cm³/mol. The maximum atomic E-state index is 12.7. The number of aryl methyl sites for hydroxylation is 2. The number of piperazine rings is 1. The van der Waals surface area contributed by atoms with Gasteiger partial charge in [-0.2, -0.15) is 0 Å². The normalized spacial score (nSPS) is 16.6. The number of aromatic nitrogens is 2. The topological polar surface area (TPSA) is 58.6 Å². The number of carbonyl (C=O) groups is 1. The number of carbonyl (C=O) groups excluding carboxylic acids is 1. The smallest absolute Gasteiger partial charge is 0.260 e. The number of amides is 1. The van der Waals surface area contributed by atoms with Gasteiger partial charge in [0.2, 0.25) is 0 Å². The van der Waals surface area contributed by atoms with E-state index in [1.165, 1.54) is 41.5 Å². The Balaban J connectivity index is 1.34. The number of anilines is 1. The summed E-state index contributed by atoms with van der Waals surface area (Å²) >= 11 is 1.88. The van der Waals surface area contributed by atoms with Crippen LogP contribution >= 0.6 is 11.3 Å². The highest BCUT2D eigenvalue weighted by Gasteiger charge is 2.27. The molecule has 7 heteroatoms. The minimum Gasteiger partial charge on any atom is -0.484 e. The Morgan fingerprint density at radius 3 is 2.56 bits per heavy atom. The molecule has 5 rings (SSSR count). The number of hydrogen-bond donors (Lipinski definition) is 0. The Morgan fingerprint density at radius 1 is 1.03 bits per heavy atom. The minimum atomic E-state index is 0.0428. The van der Waals surface area contributed by atoms with Crippen molar-refractivity contribution < 1.29 is 9.53 Å². The second-order valence-electron chi connectivity index (χ2n) is 9.78. The van der Waals surface area contributed by atoms with Gasteiger partial charge in [-0.05, 0) is 49.3 Å². The number of ether oxygens (including phenoxy) is 1. The second-order valence-corrected chi connectivity index (χ2v) is 10.9. The SMILES string of the molecule is CC(C)Cc1nc(N2CCN(C(=O)COc3ccccc3)CC2)c2c3c(sc2n1)CCCCC3. The monoisotopic (exact) mass is 478 g/mol. The van der Waals surface area contributed by atoms with Gasteiger partial charge in [0.1, 0.15) is 22.2 Å². The number of benzene rings is 1. The zero-order valence-electron chi connectivity index (χ0n) is 20.3. The number of para-hydroxylation sites is 1. The lowest BCUT2D eigenvalue weighted by Crippen LogP contribution is -2.50. The number of rotatable bonds is 6. The molecule has 1 aliphatic heterocycles. The zero-order chi connectivity index (χ0) is 23.5. The van der Waals surface area contributed by atoms with Gasteiger partial charge in [0.15, 0.2) is 6.61 Å². The summed E-state index contributed by atoms with van der Waals surface area (Å²) in [6.07, 6.45) is 7.00. The van der Waals surface area contributed by atoms with Gasteiger partial charge in [-0.25, -0.2) is 9.97 Å². The fourth-order valence-corrected chi connectivity index (χ4v) is 6.24. The first-order valence-electron chi connectivity index (χ1n) is 12.6. The van der Waals surface area contributed by atoms with E-state index < -0.39 is 0 Å². The summed E-state index contributed by atoms with van der Waals surface area (Å²) in [5.41, 5.74) is 1.48. The Labute approximate surface area is 206 Å². The summed E-state index contributed by atoms with van der Waals surface area (Å²) in [5, 5.41) is 1.28. The van der Waals surface area contributed by atoms with E-state index >= 15 is 0 Å². The van der Waals surface area contributed by atoms with Gasteiger partial charge in [0.05, 0.1) is 5.39 Å². The van der Waals surface area contributed by atoms with Crippen molar-refractivity contribution >= 4 is 33.3 Å². The number of nitrogens with zero attached hydrogens (tertiary/aromatic N) is 4. The molecule has 0 N–H and O–H groups in total. The molecule has 6 nitrogen and oxygen atoms in total. The van der Waals surface area contributed by atoms with E-state index in [4.69, 9.17) is 14.7 Å². The third kappa shape index (κ3) is 5.04. The summed E-state index contributed by atoms with van der Waals surface area (Å²) < 4.78 is 5.68. The van der Waals surface area contributed by atoms with Crippen LogP contribution in [0.25, 0.3) is 10.2 Å². The standard InChI is InChI=1S/C27H34N4O2S/c1-19(2)17-23-28-26(25-21-11-7-4-8-12-22(21)34-27(25)29-23)31-15-13-30(14-16-31)24(32)18-33-20-9-5-3-6-10-20/h3,5-6,9-10,19H,4,7-8,11-18H2,1-2H3. The Hall–Kier alpha value is -2.67. The van der Waals surface area contributed by atoms with Crippen LogP contribution in [-0.2, 0) is 24.1 Å². The van der Waals surface area contributed by atoms with E-state index in [0.29, 0.717) is 19.0 Å². The van der Waals surface area contributed by atoms with Crippen LogP contribution in [0.3, 0.4) is 0 Å². The molecule has 34 heavy (non-hydrogen) atoms. The fourth-order valence-electron chi connectivity index (χ4n) is 4.96. The van der Waals surface area contributed by atoms with Crippen molar-refractivity contribution in [3.8, 4) is 5.75 Å². The van der Waals surface area contributed by atoms with E-state index in [2.05, 4.69) is 18.7 Å². The number of thiophene rings is 1. The van der Waals surface area contributed by atoms with Crippen LogP contribution in [-0.4, -0.2) is 53.6 Å². The zero-order valence-corrected chi connectivity index (χ0v) is 21.1. The van der Waals surface area contributed by atoms with E-state index in [0.717, 1.165) is 48.2 Å². The molecule has 1 saturated heterocycles. The summed E-state index contributed by atoms with van der Waals surface area (Å²) in [4.78, 5) is 29.8. The maximum absolute atomic E-state index is 12.7. The average Bonchev–Trinajstić information content (AvgIpc) is 3.03. The lowest BCUT2D eigenvalue weighted by molar-refractivity contribution is -0.133. The summed E-state index contributed by atoms with van der Waals surface area (Å²) in [6.45, 7) is 7.47. The van der Waals surface area contributed by atoms with Gasteiger partial charge in [-0.15, -0.1) is 11.3 Å². The van der Waals surface area contributed by atoms with Crippen LogP contribution in [0.1, 0.15) is 49.4 Å². The van der Waals surface area contributed by atoms with E-state index in [1.54, 1.807) is 0 Å². The molecule has 0 saturated carbocycles. The largest absolute Gasteiger partial charge is 0.484 e. The number of hydrogen-bond acceptors (Lipinski definition) is 6. The molecule has 0 unspecified atom stereocenters. The predicted octanol–water partition coefficient (Wildman–Crippen LogP) is 4.89. The fraction of sp³-hybridized carbons (Fsp3) is 0.519. The van der Waals surface area contributed by atoms with E-state index in [-0.39, 0.29) is 12.5 Å². The van der Waals surface area contributed by atoms with Crippen LogP contribution in [0.4, 0.5) is 5.82 Å². The van der Waals surface area contributed by atoms with Crippen molar-refractivity contribution in [2.24, 2.45) is 5.92 Å². The quantitative estimate of drug-likeness (QED) is 0.472. The van der Waals surface area contributed by atoms with Crippen LogP contribution < -0.4 is 9.64 Å². The van der Waals surface area contributed by atoms with Gasteiger partial charge < -0.3 is 14.5 Å². The lowest BCUT2D eigenvalue weighted by Gasteiger charge is -2.36. The van der Waals surface area contributed by atoms with E-state index in [1.807, 2.05) is 46.6 Å².